The molecular weight excluding hydrogens is 248 g/mol. The number of nitrogens with two attached hydrogens (primary N) is 1. The fraction of sp³-hybridized carbons (Fsp3) is 0.500. The van der Waals surface area contributed by atoms with E-state index in [-0.39, 0.29) is 11.8 Å². The molecule has 0 bridgehead atoms. The highest BCUT2D eigenvalue weighted by molar-refractivity contribution is 6.30. The highest BCUT2D eigenvalue weighted by Gasteiger charge is 2.16. The number of amides is 1. The average molecular weight is 269 g/mol. The molecule has 0 aliphatic carbocycles. The van der Waals surface area contributed by atoms with Crippen molar-refractivity contribution in [2.24, 2.45) is 11.7 Å². The van der Waals surface area contributed by atoms with E-state index in [1.165, 1.54) is 0 Å². The average Bonchev–Trinajstić information content (AvgIpc) is 2.37. The van der Waals surface area contributed by atoms with E-state index in [0.29, 0.717) is 18.1 Å². The molecule has 0 heterocycles. The van der Waals surface area contributed by atoms with Crippen LogP contribution in [0.15, 0.2) is 24.3 Å². The summed E-state index contributed by atoms with van der Waals surface area (Å²) in [7, 11) is 1.83. The fourth-order valence-electron chi connectivity index (χ4n) is 1.87. The Morgan fingerprint density at radius 2 is 2.00 bits per heavy atom. The van der Waals surface area contributed by atoms with E-state index in [0.717, 1.165) is 18.4 Å². The molecule has 0 saturated heterocycles. The van der Waals surface area contributed by atoms with Crippen molar-refractivity contribution >= 4 is 17.5 Å². The Kier molecular flexibility index (Phi) is 6.16. The van der Waals surface area contributed by atoms with Crippen molar-refractivity contribution in [3.05, 3.63) is 34.9 Å². The summed E-state index contributed by atoms with van der Waals surface area (Å²) in [6.07, 6.45) is 1.74. The summed E-state index contributed by atoms with van der Waals surface area (Å²) >= 11 is 5.83. The Balaban J connectivity index is 2.51. The van der Waals surface area contributed by atoms with Crippen molar-refractivity contribution in [1.29, 1.82) is 0 Å². The second kappa shape index (κ2) is 7.39. The number of nitrogens with zero attached hydrogens (tertiary/aromatic N) is 1. The quantitative estimate of drug-likeness (QED) is 0.862. The lowest BCUT2D eigenvalue weighted by Crippen LogP contribution is -2.31. The summed E-state index contributed by atoms with van der Waals surface area (Å²) in [4.78, 5) is 13.8. The molecule has 1 amide bonds. The SMILES string of the molecule is CC(CCCN)C(=O)N(C)Cc1ccc(Cl)cc1. The lowest BCUT2D eigenvalue weighted by Gasteiger charge is -2.21. The van der Waals surface area contributed by atoms with Gasteiger partial charge in [-0.15, -0.1) is 0 Å². The standard InChI is InChI=1S/C14H21ClN2O/c1-11(4-3-9-16)14(18)17(2)10-12-5-7-13(15)8-6-12/h5-8,11H,3-4,9-10,16H2,1-2H3. The summed E-state index contributed by atoms with van der Waals surface area (Å²) in [6.45, 7) is 3.21. The first kappa shape index (κ1) is 15.0. The van der Waals surface area contributed by atoms with Crippen molar-refractivity contribution in [1.82, 2.24) is 4.90 Å². The van der Waals surface area contributed by atoms with Gasteiger partial charge in [0.25, 0.3) is 0 Å². The first-order chi connectivity index (χ1) is 8.54. The van der Waals surface area contributed by atoms with Crippen LogP contribution < -0.4 is 5.73 Å². The molecule has 100 valence electrons. The van der Waals surface area contributed by atoms with Crippen LogP contribution in [0.5, 0.6) is 0 Å². The first-order valence-electron chi connectivity index (χ1n) is 6.24. The van der Waals surface area contributed by atoms with Crippen LogP contribution in [0.4, 0.5) is 0 Å². The van der Waals surface area contributed by atoms with E-state index in [1.807, 2.05) is 38.2 Å². The molecule has 0 saturated carbocycles. The number of rotatable bonds is 6. The van der Waals surface area contributed by atoms with E-state index in [9.17, 15) is 4.79 Å². The number of carbonyl (C=O) groups excluding carboxylic acids is 1. The van der Waals surface area contributed by atoms with Crippen LogP contribution in [0, 0.1) is 5.92 Å². The molecule has 0 fully saturated rings. The summed E-state index contributed by atoms with van der Waals surface area (Å²) in [6, 6.07) is 7.56. The van der Waals surface area contributed by atoms with Crippen molar-refractivity contribution in [2.75, 3.05) is 13.6 Å². The number of hydrogen-bond donors (Lipinski definition) is 1. The Bertz CT molecular complexity index is 378. The third kappa shape index (κ3) is 4.67. The highest BCUT2D eigenvalue weighted by Crippen LogP contribution is 2.13. The van der Waals surface area contributed by atoms with Gasteiger partial charge in [0, 0.05) is 24.5 Å². The molecule has 0 spiro atoms. The Morgan fingerprint density at radius 1 is 1.39 bits per heavy atom. The smallest absolute Gasteiger partial charge is 0.225 e. The molecule has 1 rings (SSSR count). The molecule has 1 unspecified atom stereocenters. The Morgan fingerprint density at radius 3 is 2.56 bits per heavy atom. The predicted molar refractivity (Wildman–Crippen MR) is 75.4 cm³/mol. The molecule has 1 aromatic carbocycles. The van der Waals surface area contributed by atoms with Gasteiger partial charge in [-0.25, -0.2) is 0 Å². The molecule has 2 N–H and O–H groups in total. The van der Waals surface area contributed by atoms with Crippen LogP contribution in [0.25, 0.3) is 0 Å². The maximum absolute atomic E-state index is 12.1. The van der Waals surface area contributed by atoms with E-state index in [2.05, 4.69) is 0 Å². The maximum Gasteiger partial charge on any atom is 0.225 e. The Hall–Kier alpha value is -1.06. The zero-order valence-electron chi connectivity index (χ0n) is 11.0. The van der Waals surface area contributed by atoms with Gasteiger partial charge < -0.3 is 10.6 Å². The van der Waals surface area contributed by atoms with Crippen LogP contribution in [0.1, 0.15) is 25.3 Å². The van der Waals surface area contributed by atoms with E-state index >= 15 is 0 Å². The molecular formula is C14H21ClN2O. The molecule has 1 aromatic rings. The predicted octanol–water partition coefficient (Wildman–Crippen LogP) is 2.67. The highest BCUT2D eigenvalue weighted by atomic mass is 35.5. The minimum Gasteiger partial charge on any atom is -0.341 e. The lowest BCUT2D eigenvalue weighted by atomic mass is 10.0. The van der Waals surface area contributed by atoms with E-state index < -0.39 is 0 Å². The Labute approximate surface area is 114 Å². The zero-order valence-corrected chi connectivity index (χ0v) is 11.8. The van der Waals surface area contributed by atoms with Crippen LogP contribution in [-0.4, -0.2) is 24.4 Å². The monoisotopic (exact) mass is 268 g/mol. The van der Waals surface area contributed by atoms with Crippen molar-refractivity contribution in [3.63, 3.8) is 0 Å². The second-order valence-corrected chi connectivity index (χ2v) is 5.09. The molecule has 0 radical (unpaired) electrons. The lowest BCUT2D eigenvalue weighted by molar-refractivity contribution is -0.134. The summed E-state index contributed by atoms with van der Waals surface area (Å²) in [5, 5.41) is 0.712. The van der Waals surface area contributed by atoms with Gasteiger partial charge in [0.1, 0.15) is 0 Å². The van der Waals surface area contributed by atoms with Crippen LogP contribution in [0.2, 0.25) is 5.02 Å². The number of carbonyl (C=O) groups is 1. The maximum atomic E-state index is 12.1. The topological polar surface area (TPSA) is 46.3 Å². The number of halogens is 1. The third-order valence-electron chi connectivity index (χ3n) is 2.97. The van der Waals surface area contributed by atoms with Crippen molar-refractivity contribution < 1.29 is 4.79 Å². The number of benzene rings is 1. The van der Waals surface area contributed by atoms with Gasteiger partial charge >= 0.3 is 0 Å². The van der Waals surface area contributed by atoms with Gasteiger partial charge in [-0.05, 0) is 37.1 Å². The number of hydrogen-bond acceptors (Lipinski definition) is 2. The molecule has 1 atom stereocenters. The van der Waals surface area contributed by atoms with Crippen LogP contribution >= 0.6 is 11.6 Å². The molecule has 0 aromatic heterocycles. The minimum absolute atomic E-state index is 0.0332. The third-order valence-corrected chi connectivity index (χ3v) is 3.22. The largest absolute Gasteiger partial charge is 0.341 e. The van der Waals surface area contributed by atoms with Gasteiger partial charge in [-0.3, -0.25) is 4.79 Å². The molecule has 18 heavy (non-hydrogen) atoms. The first-order valence-corrected chi connectivity index (χ1v) is 6.62. The molecule has 3 nitrogen and oxygen atoms in total. The molecule has 0 aliphatic heterocycles. The van der Waals surface area contributed by atoms with Gasteiger partial charge in [0.15, 0.2) is 0 Å². The summed E-state index contributed by atoms with van der Waals surface area (Å²) < 4.78 is 0. The molecule has 0 aliphatic rings. The minimum atomic E-state index is 0.0332. The summed E-state index contributed by atoms with van der Waals surface area (Å²) in [5.41, 5.74) is 6.54. The summed E-state index contributed by atoms with van der Waals surface area (Å²) in [5.74, 6) is 0.198. The zero-order chi connectivity index (χ0) is 13.5. The van der Waals surface area contributed by atoms with E-state index in [1.54, 1.807) is 4.90 Å². The van der Waals surface area contributed by atoms with E-state index in [4.69, 9.17) is 17.3 Å². The fourth-order valence-corrected chi connectivity index (χ4v) is 1.99. The van der Waals surface area contributed by atoms with Crippen molar-refractivity contribution in [2.45, 2.75) is 26.3 Å². The van der Waals surface area contributed by atoms with Crippen LogP contribution in [-0.2, 0) is 11.3 Å². The van der Waals surface area contributed by atoms with Crippen molar-refractivity contribution in [3.8, 4) is 0 Å². The van der Waals surface area contributed by atoms with Gasteiger partial charge in [-0.1, -0.05) is 30.7 Å². The molecule has 4 heteroatoms. The van der Waals surface area contributed by atoms with Gasteiger partial charge in [0.2, 0.25) is 5.91 Å². The van der Waals surface area contributed by atoms with Gasteiger partial charge in [-0.2, -0.15) is 0 Å². The van der Waals surface area contributed by atoms with Crippen LogP contribution in [0.3, 0.4) is 0 Å². The second-order valence-electron chi connectivity index (χ2n) is 4.65. The van der Waals surface area contributed by atoms with Gasteiger partial charge in [0.05, 0.1) is 0 Å². The normalized spacial score (nSPS) is 12.2.